The molecule has 2 aromatic carbocycles. The minimum Gasteiger partial charge on any atom is -0.497 e. The average Bonchev–Trinajstić information content (AvgIpc) is 2.75. The molecule has 144 valence electrons. The Morgan fingerprint density at radius 2 is 1.82 bits per heavy atom. The van der Waals surface area contributed by atoms with Crippen LogP contribution in [0.2, 0.25) is 0 Å². The highest BCUT2D eigenvalue weighted by molar-refractivity contribution is 6.04. The first-order valence-electron chi connectivity index (χ1n) is 8.84. The van der Waals surface area contributed by atoms with E-state index in [-0.39, 0.29) is 11.6 Å². The minimum absolute atomic E-state index is 0.254. The summed E-state index contributed by atoms with van der Waals surface area (Å²) < 4.78 is 10.5. The van der Waals surface area contributed by atoms with E-state index in [2.05, 4.69) is 15.3 Å². The molecule has 7 heteroatoms. The maximum Gasteiger partial charge on any atom is 0.274 e. The van der Waals surface area contributed by atoms with E-state index >= 15 is 0 Å². The van der Waals surface area contributed by atoms with E-state index in [1.807, 2.05) is 42.2 Å². The molecular weight excluding hydrogens is 356 g/mol. The number of carbonyl (C=O) groups excluding carboxylic acids is 1. The lowest BCUT2D eigenvalue weighted by Crippen LogP contribution is -2.20. The Kier molecular flexibility index (Phi) is 6.06. The summed E-state index contributed by atoms with van der Waals surface area (Å²) in [6.07, 6.45) is 1.39. The first-order chi connectivity index (χ1) is 13.7. The molecular formula is C21H22N4O3. The third kappa shape index (κ3) is 4.20. The molecule has 1 amide bonds. The highest BCUT2D eigenvalue weighted by atomic mass is 16.5. The Bertz CT molecular complexity index is 947. The average molecular weight is 378 g/mol. The van der Waals surface area contributed by atoms with Crippen molar-refractivity contribution in [3.05, 3.63) is 66.6 Å². The summed E-state index contributed by atoms with van der Waals surface area (Å²) in [6, 6.07) is 16.7. The van der Waals surface area contributed by atoms with Gasteiger partial charge in [-0.1, -0.05) is 18.2 Å². The number of ether oxygens (including phenoxy) is 2. The molecule has 1 aromatic heterocycles. The first-order valence-corrected chi connectivity index (χ1v) is 8.84. The largest absolute Gasteiger partial charge is 0.497 e. The van der Waals surface area contributed by atoms with E-state index in [1.165, 1.54) is 6.33 Å². The van der Waals surface area contributed by atoms with Gasteiger partial charge in [-0.3, -0.25) is 4.79 Å². The van der Waals surface area contributed by atoms with Gasteiger partial charge in [0.1, 0.15) is 29.3 Å². The predicted molar refractivity (Wildman–Crippen MR) is 109 cm³/mol. The number of carbonyl (C=O) groups is 1. The zero-order valence-corrected chi connectivity index (χ0v) is 16.0. The van der Waals surface area contributed by atoms with Crippen LogP contribution in [0, 0.1) is 0 Å². The number of hydrogen-bond acceptors (Lipinski definition) is 6. The summed E-state index contributed by atoms with van der Waals surface area (Å²) in [5, 5.41) is 2.82. The fourth-order valence-electron chi connectivity index (χ4n) is 2.80. The molecule has 0 aliphatic carbocycles. The van der Waals surface area contributed by atoms with Crippen molar-refractivity contribution in [2.75, 3.05) is 31.0 Å². The Labute approximate surface area is 164 Å². The molecule has 0 aliphatic heterocycles. The van der Waals surface area contributed by atoms with Gasteiger partial charge in [-0.15, -0.1) is 0 Å². The normalized spacial score (nSPS) is 10.2. The molecule has 3 rings (SSSR count). The smallest absolute Gasteiger partial charge is 0.274 e. The second-order valence-electron chi connectivity index (χ2n) is 5.86. The number of para-hydroxylation sites is 1. The van der Waals surface area contributed by atoms with Gasteiger partial charge in [0, 0.05) is 24.4 Å². The van der Waals surface area contributed by atoms with Crippen molar-refractivity contribution in [2.24, 2.45) is 0 Å². The molecule has 0 aliphatic rings. The standard InChI is InChI=1S/C21H22N4O3/c1-4-25(15-8-6-5-7-9-15)20-13-18(22-14-23-20)21(26)24-17-12-16(27-2)10-11-19(17)28-3/h5-14H,4H2,1-3H3,(H,24,26). The third-order valence-electron chi connectivity index (χ3n) is 4.20. The second kappa shape index (κ2) is 8.85. The number of methoxy groups -OCH3 is 2. The molecule has 7 nitrogen and oxygen atoms in total. The molecule has 28 heavy (non-hydrogen) atoms. The van der Waals surface area contributed by atoms with Gasteiger partial charge in [-0.25, -0.2) is 9.97 Å². The van der Waals surface area contributed by atoms with Gasteiger partial charge in [0.2, 0.25) is 0 Å². The number of amides is 1. The van der Waals surface area contributed by atoms with Crippen molar-refractivity contribution in [3.8, 4) is 11.5 Å². The molecule has 0 atom stereocenters. The zero-order chi connectivity index (χ0) is 19.9. The Hall–Kier alpha value is -3.61. The Morgan fingerprint density at radius 1 is 1.04 bits per heavy atom. The van der Waals surface area contributed by atoms with Crippen LogP contribution in [0.5, 0.6) is 11.5 Å². The summed E-state index contributed by atoms with van der Waals surface area (Å²) in [4.78, 5) is 23.2. The lowest BCUT2D eigenvalue weighted by Gasteiger charge is -2.22. The van der Waals surface area contributed by atoms with Crippen molar-refractivity contribution in [3.63, 3.8) is 0 Å². The van der Waals surface area contributed by atoms with Crippen LogP contribution in [-0.4, -0.2) is 36.6 Å². The summed E-state index contributed by atoms with van der Waals surface area (Å²) >= 11 is 0. The van der Waals surface area contributed by atoms with Gasteiger partial charge in [0.05, 0.1) is 19.9 Å². The number of anilines is 3. The second-order valence-corrected chi connectivity index (χ2v) is 5.86. The van der Waals surface area contributed by atoms with Crippen LogP contribution in [0.1, 0.15) is 17.4 Å². The lowest BCUT2D eigenvalue weighted by molar-refractivity contribution is 0.102. The Balaban J connectivity index is 1.87. The highest BCUT2D eigenvalue weighted by Crippen LogP contribution is 2.29. The SMILES string of the molecule is CCN(c1ccccc1)c1cc(C(=O)Nc2cc(OC)ccc2OC)ncn1. The van der Waals surface area contributed by atoms with E-state index < -0.39 is 0 Å². The van der Waals surface area contributed by atoms with Crippen LogP contribution in [-0.2, 0) is 0 Å². The third-order valence-corrected chi connectivity index (χ3v) is 4.20. The van der Waals surface area contributed by atoms with E-state index in [9.17, 15) is 4.79 Å². The molecule has 0 radical (unpaired) electrons. The number of rotatable bonds is 7. The minimum atomic E-state index is -0.362. The lowest BCUT2D eigenvalue weighted by atomic mass is 10.2. The van der Waals surface area contributed by atoms with Gasteiger partial charge in [-0.2, -0.15) is 0 Å². The van der Waals surface area contributed by atoms with Crippen molar-refractivity contribution >= 4 is 23.1 Å². The summed E-state index contributed by atoms with van der Waals surface area (Å²) in [5.74, 6) is 1.43. The van der Waals surface area contributed by atoms with Gasteiger partial charge >= 0.3 is 0 Å². The van der Waals surface area contributed by atoms with Gasteiger partial charge in [-0.05, 0) is 31.2 Å². The molecule has 1 heterocycles. The van der Waals surface area contributed by atoms with Gasteiger partial charge < -0.3 is 19.7 Å². The molecule has 0 fully saturated rings. The van der Waals surface area contributed by atoms with Crippen LogP contribution >= 0.6 is 0 Å². The molecule has 0 unspecified atom stereocenters. The zero-order valence-electron chi connectivity index (χ0n) is 16.0. The fraction of sp³-hybridized carbons (Fsp3) is 0.190. The van der Waals surface area contributed by atoms with E-state index in [4.69, 9.17) is 9.47 Å². The number of nitrogens with zero attached hydrogens (tertiary/aromatic N) is 3. The summed E-state index contributed by atoms with van der Waals surface area (Å²) in [5.41, 5.74) is 1.75. The van der Waals surface area contributed by atoms with Crippen molar-refractivity contribution in [1.82, 2.24) is 9.97 Å². The maximum absolute atomic E-state index is 12.8. The maximum atomic E-state index is 12.8. The number of benzene rings is 2. The van der Waals surface area contributed by atoms with Crippen LogP contribution in [0.25, 0.3) is 0 Å². The van der Waals surface area contributed by atoms with Gasteiger partial charge in [0.15, 0.2) is 0 Å². The quantitative estimate of drug-likeness (QED) is 0.672. The molecule has 0 spiro atoms. The number of nitrogens with one attached hydrogen (secondary N) is 1. The topological polar surface area (TPSA) is 76.6 Å². The first kappa shape index (κ1) is 19.2. The van der Waals surface area contributed by atoms with Crippen LogP contribution < -0.4 is 19.7 Å². The Morgan fingerprint density at radius 3 is 2.50 bits per heavy atom. The summed E-state index contributed by atoms with van der Waals surface area (Å²) in [7, 11) is 3.10. The highest BCUT2D eigenvalue weighted by Gasteiger charge is 2.15. The number of hydrogen-bond donors (Lipinski definition) is 1. The molecule has 1 N–H and O–H groups in total. The van der Waals surface area contributed by atoms with Gasteiger partial charge in [0.25, 0.3) is 5.91 Å². The van der Waals surface area contributed by atoms with Crippen LogP contribution in [0.4, 0.5) is 17.2 Å². The molecule has 0 saturated heterocycles. The fourth-order valence-corrected chi connectivity index (χ4v) is 2.80. The van der Waals surface area contributed by atoms with Crippen LogP contribution in [0.3, 0.4) is 0 Å². The predicted octanol–water partition coefficient (Wildman–Crippen LogP) is 3.90. The van der Waals surface area contributed by atoms with E-state index in [0.717, 1.165) is 5.69 Å². The molecule has 0 bridgehead atoms. The van der Waals surface area contributed by atoms with Crippen molar-refractivity contribution in [1.29, 1.82) is 0 Å². The number of aromatic nitrogens is 2. The van der Waals surface area contributed by atoms with Crippen LogP contribution in [0.15, 0.2) is 60.9 Å². The molecule has 3 aromatic rings. The van der Waals surface area contributed by atoms with E-state index in [1.54, 1.807) is 38.5 Å². The van der Waals surface area contributed by atoms with E-state index in [0.29, 0.717) is 29.5 Å². The monoisotopic (exact) mass is 378 g/mol. The van der Waals surface area contributed by atoms with Crippen molar-refractivity contribution < 1.29 is 14.3 Å². The molecule has 0 saturated carbocycles. The summed E-state index contributed by atoms with van der Waals surface area (Å²) in [6.45, 7) is 2.72. The van der Waals surface area contributed by atoms with Crippen molar-refractivity contribution in [2.45, 2.75) is 6.92 Å².